The van der Waals surface area contributed by atoms with Crippen LogP contribution in [0.2, 0.25) is 0 Å². The molecule has 1 aromatic carbocycles. The largest absolute Gasteiger partial charge is 0.375 e. The Balaban J connectivity index is 1.29. The first-order valence-electron chi connectivity index (χ1n) is 12.1. The van der Waals surface area contributed by atoms with Gasteiger partial charge in [-0.05, 0) is 76.6 Å². The normalized spacial score (nSPS) is 25.2. The third-order valence-corrected chi connectivity index (χ3v) is 7.78. The average Bonchev–Trinajstić information content (AvgIpc) is 2.77. The van der Waals surface area contributed by atoms with Crippen LogP contribution in [0.3, 0.4) is 0 Å². The van der Waals surface area contributed by atoms with E-state index >= 15 is 0 Å². The molecule has 172 valence electrons. The number of likely N-dealkylation sites (tertiary alicyclic amines) is 1. The van der Waals surface area contributed by atoms with Gasteiger partial charge in [0.25, 0.3) is 0 Å². The zero-order valence-electron chi connectivity index (χ0n) is 19.8. The molecule has 3 aliphatic rings. The van der Waals surface area contributed by atoms with Crippen molar-refractivity contribution in [1.82, 2.24) is 14.7 Å². The van der Waals surface area contributed by atoms with Gasteiger partial charge in [0, 0.05) is 63.6 Å². The van der Waals surface area contributed by atoms with Crippen molar-refractivity contribution in [3.63, 3.8) is 0 Å². The predicted octanol–water partition coefficient (Wildman–Crippen LogP) is 3.87. The third-order valence-electron chi connectivity index (χ3n) is 7.78. The van der Waals surface area contributed by atoms with Gasteiger partial charge < -0.3 is 15.0 Å². The highest BCUT2D eigenvalue weighted by Crippen LogP contribution is 2.37. The lowest BCUT2D eigenvalue weighted by Gasteiger charge is -2.50. The number of amides is 2. The van der Waals surface area contributed by atoms with Gasteiger partial charge >= 0.3 is 6.03 Å². The number of carbonyl (C=O) groups is 1. The van der Waals surface area contributed by atoms with E-state index in [0.717, 1.165) is 51.1 Å². The minimum absolute atomic E-state index is 0.00951. The smallest absolute Gasteiger partial charge is 0.321 e. The molecular formula is C25H40N4O2. The molecule has 1 spiro atoms. The molecule has 6 nitrogen and oxygen atoms in total. The second-order valence-electron chi connectivity index (χ2n) is 10.1. The molecule has 0 aromatic heterocycles. The number of piperidine rings is 1. The average molecular weight is 429 g/mol. The quantitative estimate of drug-likeness (QED) is 0.794. The molecule has 3 aliphatic heterocycles. The van der Waals surface area contributed by atoms with Crippen LogP contribution >= 0.6 is 0 Å². The van der Waals surface area contributed by atoms with E-state index in [1.165, 1.54) is 37.3 Å². The SMILES string of the molecule is Cc1ccc(NC(=O)N2CCC3(CC2)C[C@@H](N2CCN(C(C)C)CC2)CCO3)cc1C. The highest BCUT2D eigenvalue weighted by atomic mass is 16.5. The van der Waals surface area contributed by atoms with Gasteiger partial charge in [-0.25, -0.2) is 4.79 Å². The van der Waals surface area contributed by atoms with Crippen molar-refractivity contribution < 1.29 is 9.53 Å². The first kappa shape index (κ1) is 22.6. The summed E-state index contributed by atoms with van der Waals surface area (Å²) in [7, 11) is 0. The van der Waals surface area contributed by atoms with Crippen molar-refractivity contribution in [3.05, 3.63) is 29.3 Å². The summed E-state index contributed by atoms with van der Waals surface area (Å²) in [6, 6.07) is 7.37. The number of hydrogen-bond acceptors (Lipinski definition) is 4. The summed E-state index contributed by atoms with van der Waals surface area (Å²) < 4.78 is 6.37. The number of benzene rings is 1. The fourth-order valence-corrected chi connectivity index (χ4v) is 5.42. The van der Waals surface area contributed by atoms with E-state index in [0.29, 0.717) is 12.1 Å². The summed E-state index contributed by atoms with van der Waals surface area (Å²) in [5.41, 5.74) is 3.27. The number of anilines is 1. The molecule has 2 amide bonds. The maximum Gasteiger partial charge on any atom is 0.321 e. The van der Waals surface area contributed by atoms with Crippen molar-refractivity contribution in [2.45, 2.75) is 71.1 Å². The number of carbonyl (C=O) groups excluding carboxylic acids is 1. The molecule has 0 bridgehead atoms. The van der Waals surface area contributed by atoms with Crippen LogP contribution in [0.25, 0.3) is 0 Å². The molecule has 3 fully saturated rings. The van der Waals surface area contributed by atoms with Crippen LogP contribution in [0.15, 0.2) is 18.2 Å². The van der Waals surface area contributed by atoms with Gasteiger partial charge in [-0.1, -0.05) is 6.07 Å². The van der Waals surface area contributed by atoms with E-state index in [2.05, 4.69) is 48.9 Å². The second-order valence-corrected chi connectivity index (χ2v) is 10.1. The summed E-state index contributed by atoms with van der Waals surface area (Å²) in [6.07, 6.45) is 4.13. The summed E-state index contributed by atoms with van der Waals surface area (Å²) in [6.45, 7) is 15.8. The summed E-state index contributed by atoms with van der Waals surface area (Å²) in [5, 5.41) is 3.08. The van der Waals surface area contributed by atoms with E-state index in [-0.39, 0.29) is 11.6 Å². The minimum Gasteiger partial charge on any atom is -0.375 e. The van der Waals surface area contributed by atoms with Crippen LogP contribution in [-0.4, -0.2) is 84.3 Å². The Kier molecular flexibility index (Phi) is 6.89. The van der Waals surface area contributed by atoms with Crippen LogP contribution in [0.1, 0.15) is 50.7 Å². The standard InChI is InChI=1S/C25H40N4O2/c1-19(2)27-12-14-28(15-13-27)23-7-16-31-25(18-23)8-10-29(11-9-25)24(30)26-22-6-5-20(3)21(4)17-22/h5-6,17,19,23H,7-16,18H2,1-4H3,(H,26,30)/t23-/m0/s1. The Morgan fingerprint density at radius 1 is 1.06 bits per heavy atom. The summed E-state index contributed by atoms with van der Waals surface area (Å²) in [5.74, 6) is 0. The van der Waals surface area contributed by atoms with E-state index in [1.807, 2.05) is 17.0 Å². The van der Waals surface area contributed by atoms with Crippen LogP contribution < -0.4 is 5.32 Å². The van der Waals surface area contributed by atoms with Crippen LogP contribution in [0.4, 0.5) is 10.5 Å². The summed E-state index contributed by atoms with van der Waals surface area (Å²) >= 11 is 0. The molecule has 1 aromatic rings. The van der Waals surface area contributed by atoms with E-state index < -0.39 is 0 Å². The van der Waals surface area contributed by atoms with Crippen molar-refractivity contribution in [1.29, 1.82) is 0 Å². The molecule has 3 saturated heterocycles. The van der Waals surface area contributed by atoms with Crippen molar-refractivity contribution >= 4 is 11.7 Å². The van der Waals surface area contributed by atoms with E-state index in [4.69, 9.17) is 4.74 Å². The van der Waals surface area contributed by atoms with Crippen molar-refractivity contribution in [2.24, 2.45) is 0 Å². The predicted molar refractivity (Wildman–Crippen MR) is 126 cm³/mol. The van der Waals surface area contributed by atoms with Crippen LogP contribution in [0.5, 0.6) is 0 Å². The number of nitrogens with one attached hydrogen (secondary N) is 1. The number of aryl methyl sites for hydroxylation is 2. The second kappa shape index (κ2) is 9.47. The lowest BCUT2D eigenvalue weighted by molar-refractivity contribution is -0.132. The van der Waals surface area contributed by atoms with Gasteiger partial charge in [0.2, 0.25) is 0 Å². The number of hydrogen-bond donors (Lipinski definition) is 1. The van der Waals surface area contributed by atoms with Gasteiger partial charge in [0.05, 0.1) is 5.60 Å². The number of piperazine rings is 1. The minimum atomic E-state index is -0.0463. The molecule has 0 unspecified atom stereocenters. The van der Waals surface area contributed by atoms with Crippen LogP contribution in [0, 0.1) is 13.8 Å². The highest BCUT2D eigenvalue weighted by Gasteiger charge is 2.43. The number of rotatable bonds is 3. The third kappa shape index (κ3) is 5.24. The Bertz CT molecular complexity index is 765. The summed E-state index contributed by atoms with van der Waals surface area (Å²) in [4.78, 5) is 20.0. The molecule has 1 atom stereocenters. The monoisotopic (exact) mass is 428 g/mol. The van der Waals surface area contributed by atoms with E-state index in [9.17, 15) is 4.79 Å². The molecule has 3 heterocycles. The number of ether oxygens (including phenoxy) is 1. The topological polar surface area (TPSA) is 48.1 Å². The fourth-order valence-electron chi connectivity index (χ4n) is 5.42. The molecule has 0 saturated carbocycles. The molecular weight excluding hydrogens is 388 g/mol. The maximum absolute atomic E-state index is 12.8. The van der Waals surface area contributed by atoms with Gasteiger partial charge in [-0.15, -0.1) is 0 Å². The maximum atomic E-state index is 12.8. The molecule has 31 heavy (non-hydrogen) atoms. The lowest BCUT2D eigenvalue weighted by atomic mass is 9.81. The molecule has 0 aliphatic carbocycles. The van der Waals surface area contributed by atoms with Gasteiger partial charge in [0.1, 0.15) is 0 Å². The van der Waals surface area contributed by atoms with E-state index in [1.54, 1.807) is 0 Å². The zero-order chi connectivity index (χ0) is 22.0. The Hall–Kier alpha value is -1.63. The molecule has 4 rings (SSSR count). The molecule has 6 heteroatoms. The number of urea groups is 1. The van der Waals surface area contributed by atoms with Gasteiger partial charge in [0.15, 0.2) is 0 Å². The fraction of sp³-hybridized carbons (Fsp3) is 0.720. The van der Waals surface area contributed by atoms with Crippen molar-refractivity contribution in [2.75, 3.05) is 51.2 Å². The zero-order valence-corrected chi connectivity index (χ0v) is 19.8. The molecule has 1 N–H and O–H groups in total. The van der Waals surface area contributed by atoms with Gasteiger partial charge in [-0.3, -0.25) is 9.80 Å². The first-order valence-corrected chi connectivity index (χ1v) is 12.1. The Morgan fingerprint density at radius 3 is 2.42 bits per heavy atom. The first-order chi connectivity index (χ1) is 14.8. The Morgan fingerprint density at radius 2 is 1.77 bits per heavy atom. The Labute approximate surface area is 187 Å². The van der Waals surface area contributed by atoms with Crippen LogP contribution in [-0.2, 0) is 4.74 Å². The number of nitrogens with zero attached hydrogens (tertiary/aromatic N) is 3. The van der Waals surface area contributed by atoms with Gasteiger partial charge in [-0.2, -0.15) is 0 Å². The molecule has 0 radical (unpaired) electrons. The highest BCUT2D eigenvalue weighted by molar-refractivity contribution is 5.89. The van der Waals surface area contributed by atoms with Crippen molar-refractivity contribution in [3.8, 4) is 0 Å². The lowest BCUT2D eigenvalue weighted by Crippen LogP contribution is -2.58.